The fourth-order valence-electron chi connectivity index (χ4n) is 3.22. The molecule has 0 bridgehead atoms. The second kappa shape index (κ2) is 8.98. The van der Waals surface area contributed by atoms with Gasteiger partial charge in [0.15, 0.2) is 0 Å². The number of nitrogens with zero attached hydrogens (tertiary/aromatic N) is 2. The molecule has 0 saturated carbocycles. The van der Waals surface area contributed by atoms with Crippen molar-refractivity contribution in [2.24, 2.45) is 7.05 Å². The number of aliphatic hydroxyl groups excluding tert-OH is 1. The molecule has 0 aliphatic rings. The summed E-state index contributed by atoms with van der Waals surface area (Å²) in [5, 5.41) is 14.2. The van der Waals surface area contributed by atoms with Crippen LogP contribution in [-0.2, 0) is 19.6 Å². The maximum Gasteiger partial charge on any atom is 0.416 e. The van der Waals surface area contributed by atoms with Crippen LogP contribution in [0.3, 0.4) is 0 Å². The number of aryl methyl sites for hydroxylation is 1. The van der Waals surface area contributed by atoms with Gasteiger partial charge in [-0.05, 0) is 29.3 Å². The molecular weight excluding hydrogens is 403 g/mol. The number of aromatic nitrogens is 2. The summed E-state index contributed by atoms with van der Waals surface area (Å²) in [6.07, 6.45) is -2.11. The summed E-state index contributed by atoms with van der Waals surface area (Å²) in [6.45, 7) is 0.0896. The van der Waals surface area contributed by atoms with Gasteiger partial charge >= 0.3 is 6.18 Å². The lowest BCUT2D eigenvalue weighted by molar-refractivity contribution is -0.138. The number of rotatable bonds is 7. The molecule has 0 fully saturated rings. The van der Waals surface area contributed by atoms with Crippen molar-refractivity contribution in [3.8, 4) is 0 Å². The van der Waals surface area contributed by atoms with E-state index in [0.29, 0.717) is 5.02 Å². The van der Waals surface area contributed by atoms with E-state index in [0.717, 1.165) is 17.5 Å². The van der Waals surface area contributed by atoms with Crippen molar-refractivity contribution < 1.29 is 18.3 Å². The van der Waals surface area contributed by atoms with Crippen molar-refractivity contribution in [3.05, 3.63) is 88.5 Å². The van der Waals surface area contributed by atoms with E-state index in [4.69, 9.17) is 11.6 Å². The van der Waals surface area contributed by atoms with E-state index in [1.165, 1.54) is 18.2 Å². The second-order valence-electron chi connectivity index (χ2n) is 6.80. The molecule has 2 unspecified atom stereocenters. The van der Waals surface area contributed by atoms with Gasteiger partial charge in [-0.1, -0.05) is 41.9 Å². The van der Waals surface area contributed by atoms with Gasteiger partial charge in [-0.15, -0.1) is 0 Å². The van der Waals surface area contributed by atoms with Crippen LogP contribution < -0.4 is 5.32 Å². The molecule has 0 spiro atoms. The Hall–Kier alpha value is -2.35. The molecule has 0 amide bonds. The number of imidazole rings is 1. The van der Waals surface area contributed by atoms with E-state index in [9.17, 15) is 18.3 Å². The second-order valence-corrected chi connectivity index (χ2v) is 7.24. The topological polar surface area (TPSA) is 50.1 Å². The van der Waals surface area contributed by atoms with Gasteiger partial charge in [0.1, 0.15) is 5.82 Å². The highest BCUT2D eigenvalue weighted by Crippen LogP contribution is 2.32. The lowest BCUT2D eigenvalue weighted by Gasteiger charge is -2.22. The van der Waals surface area contributed by atoms with Crippen molar-refractivity contribution in [3.63, 3.8) is 0 Å². The summed E-state index contributed by atoms with van der Waals surface area (Å²) >= 11 is 5.97. The molecule has 3 rings (SSSR count). The highest BCUT2D eigenvalue weighted by Gasteiger charge is 2.33. The number of hydrogen-bond donors (Lipinski definition) is 2. The lowest BCUT2D eigenvalue weighted by atomic mass is 10.0. The normalized spacial score (nSPS) is 14.0. The van der Waals surface area contributed by atoms with E-state index in [2.05, 4.69) is 10.3 Å². The predicted octanol–water partition coefficient (Wildman–Crippen LogP) is 4.37. The molecule has 0 aliphatic carbocycles. The standard InChI is InChI=1S/C21H21ClF3N3O/c1-28-11-10-26-20(28)19(14-6-8-16(22)9-7-14)27-13-17(29)12-15-4-2-3-5-18(15)21(23,24)25/h2-11,17,19,27,29H,12-13H2,1H3. The minimum Gasteiger partial charge on any atom is -0.391 e. The smallest absolute Gasteiger partial charge is 0.391 e. The highest BCUT2D eigenvalue weighted by molar-refractivity contribution is 6.30. The Balaban J connectivity index is 1.75. The minimum absolute atomic E-state index is 0.0642. The first-order valence-corrected chi connectivity index (χ1v) is 9.42. The molecule has 0 radical (unpaired) electrons. The summed E-state index contributed by atoms with van der Waals surface area (Å²) in [5.41, 5.74) is 0.221. The van der Waals surface area contributed by atoms with E-state index in [1.54, 1.807) is 24.5 Å². The number of halogens is 4. The van der Waals surface area contributed by atoms with Crippen LogP contribution in [0.1, 0.15) is 28.6 Å². The van der Waals surface area contributed by atoms with E-state index >= 15 is 0 Å². The van der Waals surface area contributed by atoms with Gasteiger partial charge in [0.05, 0.1) is 17.7 Å². The van der Waals surface area contributed by atoms with Crippen LogP contribution in [0.4, 0.5) is 13.2 Å². The van der Waals surface area contributed by atoms with E-state index < -0.39 is 17.8 Å². The molecule has 29 heavy (non-hydrogen) atoms. The summed E-state index contributed by atoms with van der Waals surface area (Å²) in [4.78, 5) is 4.36. The van der Waals surface area contributed by atoms with Gasteiger partial charge in [-0.3, -0.25) is 0 Å². The molecule has 1 aromatic heterocycles. The fraction of sp³-hybridized carbons (Fsp3) is 0.286. The Bertz CT molecular complexity index is 941. The Morgan fingerprint density at radius 3 is 2.45 bits per heavy atom. The minimum atomic E-state index is -4.46. The number of hydrogen-bond acceptors (Lipinski definition) is 3. The molecule has 2 N–H and O–H groups in total. The van der Waals surface area contributed by atoms with Gasteiger partial charge in [0, 0.05) is 37.4 Å². The van der Waals surface area contributed by atoms with E-state index in [1.807, 2.05) is 23.7 Å². The maximum atomic E-state index is 13.2. The Kier molecular flexibility index (Phi) is 6.62. The van der Waals surface area contributed by atoms with Gasteiger partial charge in [0.25, 0.3) is 0 Å². The number of nitrogens with one attached hydrogen (secondary N) is 1. The zero-order valence-electron chi connectivity index (χ0n) is 15.7. The van der Waals surface area contributed by atoms with E-state index in [-0.39, 0.29) is 24.6 Å². The van der Waals surface area contributed by atoms with Crippen molar-refractivity contribution in [2.75, 3.05) is 6.54 Å². The Labute approximate surface area is 172 Å². The number of benzene rings is 2. The molecule has 3 aromatic rings. The van der Waals surface area contributed by atoms with Gasteiger partial charge in [-0.2, -0.15) is 13.2 Å². The molecule has 0 aliphatic heterocycles. The van der Waals surface area contributed by atoms with Crippen molar-refractivity contribution in [1.82, 2.24) is 14.9 Å². The van der Waals surface area contributed by atoms with Crippen LogP contribution in [0.15, 0.2) is 60.9 Å². The number of alkyl halides is 3. The fourth-order valence-corrected chi connectivity index (χ4v) is 3.35. The average Bonchev–Trinajstić information content (AvgIpc) is 3.09. The first-order valence-electron chi connectivity index (χ1n) is 9.05. The van der Waals surface area contributed by atoms with Crippen molar-refractivity contribution in [1.29, 1.82) is 0 Å². The zero-order chi connectivity index (χ0) is 21.0. The summed E-state index contributed by atoms with van der Waals surface area (Å²) in [6, 6.07) is 12.2. The molecule has 8 heteroatoms. The molecule has 154 valence electrons. The van der Waals surface area contributed by atoms with Crippen LogP contribution in [0.2, 0.25) is 5.02 Å². The van der Waals surface area contributed by atoms with Gasteiger partial charge < -0.3 is 15.0 Å². The van der Waals surface area contributed by atoms with Crippen LogP contribution in [0, 0.1) is 0 Å². The Morgan fingerprint density at radius 1 is 1.14 bits per heavy atom. The SMILES string of the molecule is Cn1ccnc1C(NCC(O)Cc1ccccc1C(F)(F)F)c1ccc(Cl)cc1. The largest absolute Gasteiger partial charge is 0.416 e. The molecule has 1 heterocycles. The van der Waals surface area contributed by atoms with Crippen LogP contribution >= 0.6 is 11.6 Å². The molecule has 4 nitrogen and oxygen atoms in total. The molecular formula is C21H21ClF3N3O. The van der Waals surface area contributed by atoms with Crippen molar-refractivity contribution in [2.45, 2.75) is 24.7 Å². The number of aliphatic hydroxyl groups is 1. The molecule has 2 aromatic carbocycles. The highest BCUT2D eigenvalue weighted by atomic mass is 35.5. The monoisotopic (exact) mass is 423 g/mol. The van der Waals surface area contributed by atoms with Crippen LogP contribution in [0.25, 0.3) is 0 Å². The van der Waals surface area contributed by atoms with Gasteiger partial charge in [0.2, 0.25) is 0 Å². The first-order chi connectivity index (χ1) is 13.8. The summed E-state index contributed by atoms with van der Waals surface area (Å²) in [5.74, 6) is 0.718. The third-order valence-electron chi connectivity index (χ3n) is 4.66. The maximum absolute atomic E-state index is 13.2. The van der Waals surface area contributed by atoms with Gasteiger partial charge in [-0.25, -0.2) is 4.98 Å². The summed E-state index contributed by atoms with van der Waals surface area (Å²) < 4.78 is 41.4. The summed E-state index contributed by atoms with van der Waals surface area (Å²) in [7, 11) is 1.85. The first kappa shape index (κ1) is 21.4. The van der Waals surface area contributed by atoms with Crippen LogP contribution in [0.5, 0.6) is 0 Å². The average molecular weight is 424 g/mol. The van der Waals surface area contributed by atoms with Crippen LogP contribution in [-0.4, -0.2) is 27.3 Å². The lowest BCUT2D eigenvalue weighted by Crippen LogP contribution is -2.33. The van der Waals surface area contributed by atoms with Crippen molar-refractivity contribution >= 4 is 11.6 Å². The molecule has 0 saturated heterocycles. The quantitative estimate of drug-likeness (QED) is 0.593. The Morgan fingerprint density at radius 2 is 1.83 bits per heavy atom. The zero-order valence-corrected chi connectivity index (χ0v) is 16.5. The predicted molar refractivity (Wildman–Crippen MR) is 106 cm³/mol. The molecule has 2 atom stereocenters. The third-order valence-corrected chi connectivity index (χ3v) is 4.91. The third kappa shape index (κ3) is 5.38.